The van der Waals surface area contributed by atoms with Crippen LogP contribution in [-0.4, -0.2) is 39.9 Å². The number of phenols is 1. The molecule has 3 rings (SSSR count). The molecular weight excluding hydrogens is 394 g/mol. The number of ether oxygens (including phenoxy) is 1. The minimum absolute atomic E-state index is 0.0540. The molecule has 7 nitrogen and oxygen atoms in total. The van der Waals surface area contributed by atoms with Crippen molar-refractivity contribution >= 4 is 17.8 Å². The first-order chi connectivity index (χ1) is 14.7. The second kappa shape index (κ2) is 8.79. The lowest BCUT2D eigenvalue weighted by molar-refractivity contribution is -0.123. The number of hydrogen-bond acceptors (Lipinski definition) is 5. The van der Waals surface area contributed by atoms with E-state index in [1.165, 1.54) is 13.2 Å². The van der Waals surface area contributed by atoms with E-state index >= 15 is 0 Å². The van der Waals surface area contributed by atoms with E-state index in [1.54, 1.807) is 19.2 Å². The highest BCUT2D eigenvalue weighted by Crippen LogP contribution is 2.35. The molecule has 1 heterocycles. The smallest absolute Gasteiger partial charge is 0.259 e. The van der Waals surface area contributed by atoms with Crippen molar-refractivity contribution in [1.82, 2.24) is 15.3 Å². The number of ketones is 1. The lowest BCUT2D eigenvalue weighted by atomic mass is 9.80. The molecule has 1 aromatic heterocycles. The van der Waals surface area contributed by atoms with Crippen LogP contribution in [0.4, 0.5) is 0 Å². The third-order valence-electron chi connectivity index (χ3n) is 5.59. The number of nitrogens with zero attached hydrogens (tertiary/aromatic N) is 1. The van der Waals surface area contributed by atoms with Crippen molar-refractivity contribution in [1.29, 1.82) is 0 Å². The van der Waals surface area contributed by atoms with Gasteiger partial charge in [0, 0.05) is 17.0 Å². The van der Waals surface area contributed by atoms with Gasteiger partial charge >= 0.3 is 0 Å². The zero-order chi connectivity index (χ0) is 22.8. The van der Waals surface area contributed by atoms with Crippen LogP contribution in [0.5, 0.6) is 11.5 Å². The summed E-state index contributed by atoms with van der Waals surface area (Å²) in [7, 11) is 1.46. The van der Waals surface area contributed by atoms with Gasteiger partial charge in [-0.05, 0) is 64.3 Å². The van der Waals surface area contributed by atoms with E-state index < -0.39 is 5.41 Å². The van der Waals surface area contributed by atoms with E-state index in [-0.39, 0.29) is 34.8 Å². The van der Waals surface area contributed by atoms with Gasteiger partial charge in [-0.25, -0.2) is 4.98 Å². The Morgan fingerprint density at radius 2 is 2.03 bits per heavy atom. The number of Topliss-reactive ketones (excluding diaryl/α,β-unsaturated/α-hetero) is 1. The van der Waals surface area contributed by atoms with Gasteiger partial charge in [0.1, 0.15) is 28.7 Å². The fourth-order valence-electron chi connectivity index (χ4n) is 3.15. The number of imidazole rings is 1. The number of carbonyl (C=O) groups is 2. The molecule has 0 aliphatic heterocycles. The number of benzene rings is 1. The van der Waals surface area contributed by atoms with Crippen molar-refractivity contribution in [2.75, 3.05) is 7.11 Å². The molecule has 0 bridgehead atoms. The summed E-state index contributed by atoms with van der Waals surface area (Å²) >= 11 is 0. The topological polar surface area (TPSA) is 104 Å². The van der Waals surface area contributed by atoms with Crippen LogP contribution in [0.15, 0.2) is 36.1 Å². The number of amides is 1. The summed E-state index contributed by atoms with van der Waals surface area (Å²) in [6, 6.07) is 3.37. The number of methoxy groups -OCH3 is 1. The number of phenolic OH excluding ortho intramolecular Hbond substituents is 1. The summed E-state index contributed by atoms with van der Waals surface area (Å²) in [5.74, 6) is 0.405. The first-order valence-electron chi connectivity index (χ1n) is 10.3. The Morgan fingerprint density at radius 3 is 2.61 bits per heavy atom. The van der Waals surface area contributed by atoms with Gasteiger partial charge in [-0.2, -0.15) is 0 Å². The standard InChI is InChI=1S/C24H29N3O4/c1-6-7-16(24(3,4)14(2)28)12-21-25-13-18(27-21)15-10-19(29)22(20(11-15)31-5)23(30)26-17-8-9-17/h6-7,10-13,17,29H,8-9H2,1-5H3,(H,25,27)(H,26,30)/b7-6-,16-12+. The largest absolute Gasteiger partial charge is 0.507 e. The molecule has 0 radical (unpaired) electrons. The number of carbonyl (C=O) groups excluding carboxylic acids is 2. The van der Waals surface area contributed by atoms with Crippen LogP contribution >= 0.6 is 0 Å². The Hall–Kier alpha value is -3.35. The van der Waals surface area contributed by atoms with Crippen LogP contribution in [-0.2, 0) is 4.79 Å². The number of hydrogen-bond donors (Lipinski definition) is 3. The van der Waals surface area contributed by atoms with Crippen LogP contribution < -0.4 is 10.1 Å². The van der Waals surface area contributed by atoms with Crippen molar-refractivity contribution in [3.8, 4) is 22.8 Å². The van der Waals surface area contributed by atoms with Gasteiger partial charge in [-0.15, -0.1) is 0 Å². The predicted molar refractivity (Wildman–Crippen MR) is 120 cm³/mol. The van der Waals surface area contributed by atoms with Crippen LogP contribution in [0.25, 0.3) is 17.3 Å². The van der Waals surface area contributed by atoms with Gasteiger partial charge in [0.25, 0.3) is 5.91 Å². The summed E-state index contributed by atoms with van der Waals surface area (Å²) in [6.45, 7) is 7.22. The van der Waals surface area contributed by atoms with Crippen LogP contribution in [0.2, 0.25) is 0 Å². The normalized spacial score (nSPS) is 14.7. The first kappa shape index (κ1) is 22.3. The zero-order valence-corrected chi connectivity index (χ0v) is 18.6. The van der Waals surface area contributed by atoms with Gasteiger partial charge < -0.3 is 20.1 Å². The highest BCUT2D eigenvalue weighted by atomic mass is 16.5. The molecular formula is C24H29N3O4. The van der Waals surface area contributed by atoms with Gasteiger partial charge in [-0.3, -0.25) is 9.59 Å². The average molecular weight is 424 g/mol. The zero-order valence-electron chi connectivity index (χ0n) is 18.6. The summed E-state index contributed by atoms with van der Waals surface area (Å²) in [4.78, 5) is 32.1. The number of aromatic hydroxyl groups is 1. The molecule has 0 atom stereocenters. The molecule has 1 saturated carbocycles. The number of rotatable bonds is 8. The number of H-pyrrole nitrogens is 1. The van der Waals surface area contributed by atoms with E-state index in [9.17, 15) is 14.7 Å². The van der Waals surface area contributed by atoms with Crippen molar-refractivity contribution in [2.24, 2.45) is 5.41 Å². The quantitative estimate of drug-likeness (QED) is 0.551. The number of aromatic nitrogens is 2. The van der Waals surface area contributed by atoms with Crippen LogP contribution in [0.3, 0.4) is 0 Å². The van der Waals surface area contributed by atoms with Gasteiger partial charge in [0.05, 0.1) is 19.0 Å². The Bertz CT molecular complexity index is 1060. The third-order valence-corrected chi connectivity index (χ3v) is 5.59. The molecule has 1 aliphatic rings. The monoisotopic (exact) mass is 423 g/mol. The molecule has 7 heteroatoms. The fraction of sp³-hybridized carbons (Fsp3) is 0.375. The van der Waals surface area contributed by atoms with Crippen LogP contribution in [0.1, 0.15) is 56.7 Å². The highest BCUT2D eigenvalue weighted by molar-refractivity contribution is 6.00. The third kappa shape index (κ3) is 4.87. The Balaban J connectivity index is 1.95. The summed E-state index contributed by atoms with van der Waals surface area (Å²) in [5.41, 5.74) is 1.57. The van der Waals surface area contributed by atoms with E-state index in [0.29, 0.717) is 17.1 Å². The minimum atomic E-state index is -0.655. The molecule has 2 aromatic rings. The SMILES string of the molecule is C/C=C\C(=C/c1ncc(-c2cc(O)c(C(=O)NC3CC3)c(OC)c2)[nH]1)C(C)(C)C(C)=O. The molecule has 0 unspecified atom stereocenters. The molecule has 1 amide bonds. The van der Waals surface area contributed by atoms with E-state index in [1.807, 2.05) is 39.0 Å². The molecule has 0 spiro atoms. The predicted octanol–water partition coefficient (Wildman–Crippen LogP) is 4.26. The van der Waals surface area contributed by atoms with Gasteiger partial charge in [-0.1, -0.05) is 12.2 Å². The van der Waals surface area contributed by atoms with E-state index in [2.05, 4.69) is 15.3 Å². The molecule has 1 fully saturated rings. The van der Waals surface area contributed by atoms with Crippen LogP contribution in [0, 0.1) is 5.41 Å². The van der Waals surface area contributed by atoms with E-state index in [4.69, 9.17) is 4.74 Å². The van der Waals surface area contributed by atoms with Gasteiger partial charge in [0.15, 0.2) is 0 Å². The number of aromatic amines is 1. The van der Waals surface area contributed by atoms with Gasteiger partial charge in [0.2, 0.25) is 0 Å². The average Bonchev–Trinajstić information content (AvgIpc) is 3.40. The maximum atomic E-state index is 12.5. The molecule has 1 aliphatic carbocycles. The molecule has 3 N–H and O–H groups in total. The number of nitrogens with one attached hydrogen (secondary N) is 2. The van der Waals surface area contributed by atoms with Crippen molar-refractivity contribution < 1.29 is 19.4 Å². The second-order valence-corrected chi connectivity index (χ2v) is 8.28. The fourth-order valence-corrected chi connectivity index (χ4v) is 3.15. The second-order valence-electron chi connectivity index (χ2n) is 8.28. The van der Waals surface area contributed by atoms with Crippen molar-refractivity contribution in [3.63, 3.8) is 0 Å². The Kier molecular flexibility index (Phi) is 6.34. The van der Waals surface area contributed by atoms with Crippen molar-refractivity contribution in [3.05, 3.63) is 47.4 Å². The highest BCUT2D eigenvalue weighted by Gasteiger charge is 2.28. The molecule has 1 aromatic carbocycles. The Morgan fingerprint density at radius 1 is 1.32 bits per heavy atom. The minimum Gasteiger partial charge on any atom is -0.507 e. The first-order valence-corrected chi connectivity index (χ1v) is 10.3. The molecule has 0 saturated heterocycles. The lowest BCUT2D eigenvalue weighted by Crippen LogP contribution is -2.25. The van der Waals surface area contributed by atoms with Crippen molar-refractivity contribution in [2.45, 2.75) is 46.6 Å². The Labute approximate surface area is 182 Å². The molecule has 164 valence electrons. The maximum Gasteiger partial charge on any atom is 0.259 e. The maximum absolute atomic E-state index is 12.5. The lowest BCUT2D eigenvalue weighted by Gasteiger charge is -2.22. The van der Waals surface area contributed by atoms with E-state index in [0.717, 1.165) is 18.4 Å². The molecule has 31 heavy (non-hydrogen) atoms. The summed E-state index contributed by atoms with van der Waals surface area (Å²) in [5, 5.41) is 13.4. The summed E-state index contributed by atoms with van der Waals surface area (Å²) < 4.78 is 5.37. The number of allylic oxidation sites excluding steroid dienone is 3. The summed E-state index contributed by atoms with van der Waals surface area (Å²) in [6.07, 6.45) is 9.15.